The molecule has 5 aromatic rings. The van der Waals surface area contributed by atoms with Gasteiger partial charge in [-0.05, 0) is 73.9 Å². The Morgan fingerprint density at radius 1 is 1.14 bits per heavy atom. The van der Waals surface area contributed by atoms with Gasteiger partial charge in [-0.25, -0.2) is 15.0 Å². The number of nitrogens with two attached hydrogens (primary N) is 1. The number of aromatic nitrogens is 5. The molecule has 2 saturated carbocycles. The molecule has 43 heavy (non-hydrogen) atoms. The first kappa shape index (κ1) is 26.1. The third-order valence-corrected chi connectivity index (χ3v) is 9.54. The summed E-state index contributed by atoms with van der Waals surface area (Å²) in [5.74, 6) is 0.783. The number of piperidine rings is 1. The van der Waals surface area contributed by atoms with Gasteiger partial charge in [-0.1, -0.05) is 0 Å². The first-order valence-electron chi connectivity index (χ1n) is 14.8. The lowest BCUT2D eigenvalue weighted by molar-refractivity contribution is 0.0700. The van der Waals surface area contributed by atoms with Gasteiger partial charge in [0, 0.05) is 54.9 Å². The molecular weight excluding hydrogens is 549 g/mol. The number of methoxy groups -OCH3 is 1. The molecule has 1 saturated heterocycles. The maximum absolute atomic E-state index is 13.7. The number of hydrogen-bond donors (Lipinski definition) is 2. The van der Waals surface area contributed by atoms with Gasteiger partial charge in [-0.2, -0.15) is 4.39 Å². The fraction of sp³-hybridized carbons (Fsp3) is 0.375. The lowest BCUT2D eigenvalue weighted by Crippen LogP contribution is -2.41. The van der Waals surface area contributed by atoms with Crippen LogP contribution in [0.4, 0.5) is 4.39 Å². The van der Waals surface area contributed by atoms with E-state index in [4.69, 9.17) is 20.4 Å². The van der Waals surface area contributed by atoms with Crippen molar-refractivity contribution in [3.8, 4) is 34.3 Å². The Kier molecular flexibility index (Phi) is 5.78. The number of likely N-dealkylation sites (tertiary alicyclic amines) is 1. The zero-order chi connectivity index (χ0) is 29.6. The van der Waals surface area contributed by atoms with Gasteiger partial charge in [-0.15, -0.1) is 0 Å². The summed E-state index contributed by atoms with van der Waals surface area (Å²) in [6.45, 7) is 1.48. The van der Waals surface area contributed by atoms with Crippen LogP contribution in [0, 0.1) is 17.8 Å². The third kappa shape index (κ3) is 4.09. The van der Waals surface area contributed by atoms with Crippen LogP contribution in [0.5, 0.6) is 11.5 Å². The van der Waals surface area contributed by atoms with Crippen molar-refractivity contribution < 1.29 is 19.0 Å². The quantitative estimate of drug-likeness (QED) is 0.284. The van der Waals surface area contributed by atoms with E-state index < -0.39 is 11.7 Å². The number of aryl methyl sites for hydroxylation is 1. The lowest BCUT2D eigenvalue weighted by atomic mass is 10.1. The summed E-state index contributed by atoms with van der Waals surface area (Å²) in [4.78, 5) is 29.3. The van der Waals surface area contributed by atoms with Gasteiger partial charge in [-0.3, -0.25) is 4.79 Å². The topological polar surface area (TPSA) is 124 Å². The first-order chi connectivity index (χ1) is 20.8. The van der Waals surface area contributed by atoms with Crippen LogP contribution in [0.25, 0.3) is 44.8 Å². The maximum Gasteiger partial charge on any atom is 0.255 e. The average molecular weight is 582 g/mol. The van der Waals surface area contributed by atoms with E-state index in [1.165, 1.54) is 12.3 Å². The highest BCUT2D eigenvalue weighted by Crippen LogP contribution is 2.40. The Balaban J connectivity index is 1.24. The number of benzene rings is 1. The van der Waals surface area contributed by atoms with Crippen molar-refractivity contribution in [2.75, 3.05) is 13.7 Å². The Morgan fingerprint density at radius 2 is 1.98 bits per heavy atom. The molecule has 11 heteroatoms. The number of ether oxygens (including phenoxy) is 1. The molecule has 2 unspecified atom stereocenters. The molecule has 3 atom stereocenters. The zero-order valence-corrected chi connectivity index (χ0v) is 24.0. The van der Waals surface area contributed by atoms with Crippen molar-refractivity contribution in [3.05, 3.63) is 54.1 Å². The van der Waals surface area contributed by atoms with Crippen molar-refractivity contribution >= 4 is 28.0 Å². The van der Waals surface area contributed by atoms with Gasteiger partial charge >= 0.3 is 0 Å². The monoisotopic (exact) mass is 581 g/mol. The number of carbonyl (C=O) groups is 1. The molecule has 0 radical (unpaired) electrons. The number of pyridine rings is 2. The predicted octanol–water partition coefficient (Wildman–Crippen LogP) is 4.48. The second-order valence-corrected chi connectivity index (χ2v) is 12.2. The molecule has 4 aromatic heterocycles. The van der Waals surface area contributed by atoms with Gasteiger partial charge in [0.05, 0.1) is 24.0 Å². The predicted molar refractivity (Wildman–Crippen MR) is 159 cm³/mol. The molecule has 10 nitrogen and oxygen atoms in total. The van der Waals surface area contributed by atoms with E-state index >= 15 is 0 Å². The second-order valence-electron chi connectivity index (χ2n) is 12.2. The molecular formula is C32H32FN7O3. The Hall–Kier alpha value is -4.51. The normalized spacial score (nSPS) is 21.4. The molecule has 0 spiro atoms. The van der Waals surface area contributed by atoms with Crippen LogP contribution in [0.2, 0.25) is 0 Å². The summed E-state index contributed by atoms with van der Waals surface area (Å²) in [6.07, 6.45) is 5.70. The molecule has 1 amide bonds. The van der Waals surface area contributed by atoms with E-state index in [9.17, 15) is 14.3 Å². The molecule has 1 aromatic carbocycles. The second kappa shape index (κ2) is 9.50. The fourth-order valence-corrected chi connectivity index (χ4v) is 7.06. The van der Waals surface area contributed by atoms with Gasteiger partial charge in [0.1, 0.15) is 16.9 Å². The molecule has 3 aliphatic rings. The highest BCUT2D eigenvalue weighted by Gasteiger charge is 2.47. The van der Waals surface area contributed by atoms with Crippen LogP contribution in [-0.4, -0.2) is 65.7 Å². The summed E-state index contributed by atoms with van der Waals surface area (Å²) in [7, 11) is 3.57. The molecule has 5 heterocycles. The van der Waals surface area contributed by atoms with Crippen molar-refractivity contribution in [2.24, 2.45) is 24.6 Å². The van der Waals surface area contributed by atoms with Crippen LogP contribution >= 0.6 is 0 Å². The zero-order valence-electron chi connectivity index (χ0n) is 24.0. The van der Waals surface area contributed by atoms with E-state index in [0.717, 1.165) is 60.3 Å². The smallest absolute Gasteiger partial charge is 0.255 e. The van der Waals surface area contributed by atoms with Crippen molar-refractivity contribution in [3.63, 3.8) is 0 Å². The van der Waals surface area contributed by atoms with Gasteiger partial charge in [0.25, 0.3) is 11.9 Å². The lowest BCUT2D eigenvalue weighted by Gasteiger charge is -2.27. The van der Waals surface area contributed by atoms with E-state index in [1.54, 1.807) is 7.11 Å². The van der Waals surface area contributed by atoms with E-state index in [0.29, 0.717) is 46.5 Å². The first-order valence-corrected chi connectivity index (χ1v) is 14.8. The standard InChI is InChI=1S/C32H32FN7O3/c1-38-28-22(9-19(12-26(28)43-2)32(42)40-15-18-6-8-23(40)27(18)34)37-31(38)24-10-17-5-7-21(20-11-25(41)29(33)35-13-20)36-30(17)39(24)14-16-3-4-16/h5,7,9-13,16,18,23,27,41H,3-4,6,8,14-15,34H2,1-2H3/t18?,23?,27-/m1/s1. The summed E-state index contributed by atoms with van der Waals surface area (Å²) in [6, 6.07) is 11.0. The molecule has 8 rings (SSSR count). The number of rotatable bonds is 6. The van der Waals surface area contributed by atoms with Crippen LogP contribution < -0.4 is 10.5 Å². The van der Waals surface area contributed by atoms with Gasteiger partial charge in [0.2, 0.25) is 0 Å². The van der Waals surface area contributed by atoms with Crippen molar-refractivity contribution in [2.45, 2.75) is 44.3 Å². The van der Waals surface area contributed by atoms with E-state index in [-0.39, 0.29) is 18.0 Å². The highest BCUT2D eigenvalue weighted by atomic mass is 19.1. The molecule has 3 N–H and O–H groups in total. The number of imidazole rings is 1. The van der Waals surface area contributed by atoms with Gasteiger partial charge in [0.15, 0.2) is 11.6 Å². The molecule has 2 aliphatic carbocycles. The molecule has 220 valence electrons. The molecule has 2 bridgehead atoms. The summed E-state index contributed by atoms with van der Waals surface area (Å²) < 4.78 is 23.6. The van der Waals surface area contributed by atoms with Crippen LogP contribution in [-0.2, 0) is 13.6 Å². The summed E-state index contributed by atoms with van der Waals surface area (Å²) in [5.41, 5.74) is 11.2. The Morgan fingerprint density at radius 3 is 2.67 bits per heavy atom. The third-order valence-electron chi connectivity index (χ3n) is 9.54. The average Bonchev–Trinajstić information content (AvgIpc) is 3.42. The highest BCUT2D eigenvalue weighted by molar-refractivity contribution is 6.00. The summed E-state index contributed by atoms with van der Waals surface area (Å²) >= 11 is 0. The Bertz CT molecular complexity index is 1940. The number of hydrogen-bond acceptors (Lipinski definition) is 7. The van der Waals surface area contributed by atoms with Crippen LogP contribution in [0.3, 0.4) is 0 Å². The van der Waals surface area contributed by atoms with E-state index in [2.05, 4.69) is 15.6 Å². The number of fused-ring (bicyclic) bond motifs is 4. The maximum atomic E-state index is 13.7. The Labute approximate surface area is 246 Å². The van der Waals surface area contributed by atoms with E-state index in [1.807, 2.05) is 40.8 Å². The van der Waals surface area contributed by atoms with Crippen molar-refractivity contribution in [1.82, 2.24) is 29.0 Å². The largest absolute Gasteiger partial charge is 0.504 e. The minimum absolute atomic E-state index is 0.0315. The molecule has 3 fully saturated rings. The molecule has 1 aliphatic heterocycles. The number of nitrogens with zero attached hydrogens (tertiary/aromatic N) is 6. The fourth-order valence-electron chi connectivity index (χ4n) is 7.06. The number of amides is 1. The number of aromatic hydroxyl groups is 1. The minimum atomic E-state index is -0.914. The number of halogens is 1. The summed E-state index contributed by atoms with van der Waals surface area (Å²) in [5, 5.41) is 10.8. The number of carbonyl (C=O) groups excluding carboxylic acids is 1. The SMILES string of the molecule is COc1cc(C(=O)N2CC3CCC2[C@@H]3N)cc2nc(-c3cc4ccc(-c5cnc(F)c(O)c5)nc4n3CC3CC3)n(C)c12. The van der Waals surface area contributed by atoms with Crippen LogP contribution in [0.1, 0.15) is 36.0 Å². The minimum Gasteiger partial charge on any atom is -0.504 e. The van der Waals surface area contributed by atoms with Gasteiger partial charge < -0.3 is 29.6 Å². The van der Waals surface area contributed by atoms with Crippen molar-refractivity contribution in [1.29, 1.82) is 0 Å². The van der Waals surface area contributed by atoms with Crippen LogP contribution in [0.15, 0.2) is 42.6 Å².